The van der Waals surface area contributed by atoms with Gasteiger partial charge in [-0.25, -0.2) is 4.98 Å². The lowest BCUT2D eigenvalue weighted by molar-refractivity contribution is 0.923. The van der Waals surface area contributed by atoms with Crippen LogP contribution in [-0.4, -0.2) is 9.97 Å². The molecule has 3 nitrogen and oxygen atoms in total. The first kappa shape index (κ1) is 17.2. The van der Waals surface area contributed by atoms with Crippen LogP contribution in [0.2, 0.25) is 0 Å². The number of rotatable bonds is 4. The van der Waals surface area contributed by atoms with Crippen molar-refractivity contribution in [3.05, 3.63) is 101 Å². The molecule has 1 N–H and O–H groups in total. The molecule has 0 amide bonds. The predicted octanol–water partition coefficient (Wildman–Crippen LogP) is 5.76. The average Bonchev–Trinajstić information content (AvgIpc) is 2.69. The summed E-state index contributed by atoms with van der Waals surface area (Å²) < 4.78 is 0. The standard InChI is InChI=1S/C24H23N3/c1-16-6-11-23(26-15-16)27-24(20-8-7-17(2)18(3)13-20)21-10-9-19-5-4-12-25-22(19)14-21/h4-15,24H,1-3H3,(H,26,27). The molecular formula is C24H23N3. The summed E-state index contributed by atoms with van der Waals surface area (Å²) in [5.41, 5.74) is 7.13. The number of aromatic nitrogens is 2. The first-order chi connectivity index (χ1) is 13.1. The smallest absolute Gasteiger partial charge is 0.126 e. The van der Waals surface area contributed by atoms with Crippen LogP contribution in [0, 0.1) is 20.8 Å². The molecule has 2 aromatic carbocycles. The molecule has 0 fully saturated rings. The highest BCUT2D eigenvalue weighted by atomic mass is 15.0. The molecule has 0 aliphatic rings. The highest BCUT2D eigenvalue weighted by Gasteiger charge is 2.16. The van der Waals surface area contributed by atoms with Crippen molar-refractivity contribution in [3.63, 3.8) is 0 Å². The van der Waals surface area contributed by atoms with Crippen LogP contribution < -0.4 is 5.32 Å². The average molecular weight is 353 g/mol. The summed E-state index contributed by atoms with van der Waals surface area (Å²) in [6.07, 6.45) is 3.73. The van der Waals surface area contributed by atoms with Gasteiger partial charge in [0.25, 0.3) is 0 Å². The van der Waals surface area contributed by atoms with Crippen molar-refractivity contribution in [2.45, 2.75) is 26.8 Å². The van der Waals surface area contributed by atoms with Gasteiger partial charge in [-0.1, -0.05) is 42.5 Å². The Morgan fingerprint density at radius 2 is 1.59 bits per heavy atom. The maximum atomic E-state index is 4.54. The first-order valence-corrected chi connectivity index (χ1v) is 9.21. The molecule has 0 radical (unpaired) electrons. The minimum absolute atomic E-state index is 0.00547. The van der Waals surface area contributed by atoms with E-state index in [2.05, 4.69) is 77.7 Å². The minimum Gasteiger partial charge on any atom is -0.359 e. The number of benzene rings is 2. The zero-order valence-electron chi connectivity index (χ0n) is 15.9. The second-order valence-corrected chi connectivity index (χ2v) is 7.10. The summed E-state index contributed by atoms with van der Waals surface area (Å²) in [4.78, 5) is 9.07. The third-order valence-electron chi connectivity index (χ3n) is 5.03. The van der Waals surface area contributed by atoms with Crippen molar-refractivity contribution in [2.75, 3.05) is 5.32 Å². The number of hydrogen-bond donors (Lipinski definition) is 1. The molecule has 0 saturated heterocycles. The van der Waals surface area contributed by atoms with Crippen molar-refractivity contribution in [2.24, 2.45) is 0 Å². The molecule has 27 heavy (non-hydrogen) atoms. The highest BCUT2D eigenvalue weighted by Crippen LogP contribution is 2.29. The predicted molar refractivity (Wildman–Crippen MR) is 112 cm³/mol. The van der Waals surface area contributed by atoms with Gasteiger partial charge in [-0.2, -0.15) is 0 Å². The molecule has 4 rings (SSSR count). The summed E-state index contributed by atoms with van der Waals surface area (Å²) in [5, 5.41) is 4.76. The van der Waals surface area contributed by atoms with Gasteiger partial charge in [0.05, 0.1) is 11.6 Å². The molecule has 2 aromatic heterocycles. The monoisotopic (exact) mass is 353 g/mol. The van der Waals surface area contributed by atoms with Gasteiger partial charge in [0, 0.05) is 17.8 Å². The largest absolute Gasteiger partial charge is 0.359 e. The quantitative estimate of drug-likeness (QED) is 0.507. The van der Waals surface area contributed by atoms with E-state index < -0.39 is 0 Å². The number of pyridine rings is 2. The molecule has 2 heterocycles. The Balaban J connectivity index is 1.80. The van der Waals surface area contributed by atoms with Gasteiger partial charge in [-0.3, -0.25) is 4.98 Å². The second-order valence-electron chi connectivity index (χ2n) is 7.10. The fraction of sp³-hybridized carbons (Fsp3) is 0.167. The van der Waals surface area contributed by atoms with Gasteiger partial charge < -0.3 is 5.32 Å². The summed E-state index contributed by atoms with van der Waals surface area (Å²) >= 11 is 0. The summed E-state index contributed by atoms with van der Waals surface area (Å²) in [7, 11) is 0. The van der Waals surface area contributed by atoms with Crippen LogP contribution in [0.4, 0.5) is 5.82 Å². The van der Waals surface area contributed by atoms with E-state index in [-0.39, 0.29) is 6.04 Å². The Hall–Kier alpha value is -3.20. The van der Waals surface area contributed by atoms with Crippen molar-refractivity contribution in [1.29, 1.82) is 0 Å². The van der Waals surface area contributed by atoms with Crippen molar-refractivity contribution in [1.82, 2.24) is 9.97 Å². The number of anilines is 1. The maximum absolute atomic E-state index is 4.54. The van der Waals surface area contributed by atoms with Gasteiger partial charge in [-0.15, -0.1) is 0 Å². The van der Waals surface area contributed by atoms with Crippen LogP contribution in [0.25, 0.3) is 10.9 Å². The van der Waals surface area contributed by atoms with Gasteiger partial charge in [-0.05, 0) is 66.8 Å². The summed E-state index contributed by atoms with van der Waals surface area (Å²) in [6, 6.07) is 21.3. The Labute approximate surface area is 160 Å². The third kappa shape index (κ3) is 3.68. The van der Waals surface area contributed by atoms with Crippen LogP contribution >= 0.6 is 0 Å². The van der Waals surface area contributed by atoms with E-state index in [9.17, 15) is 0 Å². The zero-order valence-corrected chi connectivity index (χ0v) is 15.9. The first-order valence-electron chi connectivity index (χ1n) is 9.21. The third-order valence-corrected chi connectivity index (χ3v) is 5.03. The van der Waals surface area contributed by atoms with Crippen molar-refractivity contribution >= 4 is 16.7 Å². The molecule has 1 unspecified atom stereocenters. The molecule has 0 aliphatic carbocycles. The Kier molecular flexibility index (Phi) is 4.59. The number of fused-ring (bicyclic) bond motifs is 1. The van der Waals surface area contributed by atoms with Gasteiger partial charge >= 0.3 is 0 Å². The molecule has 0 saturated carbocycles. The van der Waals surface area contributed by atoms with Gasteiger partial charge in [0.1, 0.15) is 5.82 Å². The second kappa shape index (κ2) is 7.20. The van der Waals surface area contributed by atoms with Crippen LogP contribution in [0.5, 0.6) is 0 Å². The number of aryl methyl sites for hydroxylation is 3. The van der Waals surface area contributed by atoms with Gasteiger partial charge in [0.15, 0.2) is 0 Å². The molecule has 0 aliphatic heterocycles. The van der Waals surface area contributed by atoms with E-state index >= 15 is 0 Å². The van der Waals surface area contributed by atoms with Crippen LogP contribution in [0.15, 0.2) is 73.1 Å². The Morgan fingerprint density at radius 3 is 2.37 bits per heavy atom. The van der Waals surface area contributed by atoms with Crippen LogP contribution in [0.1, 0.15) is 33.9 Å². The lowest BCUT2D eigenvalue weighted by Gasteiger charge is -2.22. The fourth-order valence-corrected chi connectivity index (χ4v) is 3.27. The van der Waals surface area contributed by atoms with Gasteiger partial charge in [0.2, 0.25) is 0 Å². The molecule has 3 heteroatoms. The van der Waals surface area contributed by atoms with E-state index in [1.807, 2.05) is 31.5 Å². The van der Waals surface area contributed by atoms with Crippen molar-refractivity contribution < 1.29 is 0 Å². The van der Waals surface area contributed by atoms with E-state index in [0.717, 1.165) is 22.3 Å². The van der Waals surface area contributed by atoms with Crippen LogP contribution in [0.3, 0.4) is 0 Å². The lowest BCUT2D eigenvalue weighted by Crippen LogP contribution is -2.13. The van der Waals surface area contributed by atoms with Crippen LogP contribution in [-0.2, 0) is 0 Å². The number of nitrogens with one attached hydrogen (secondary N) is 1. The summed E-state index contributed by atoms with van der Waals surface area (Å²) in [6.45, 7) is 6.34. The molecule has 0 bridgehead atoms. The maximum Gasteiger partial charge on any atom is 0.126 e. The Bertz CT molecular complexity index is 1080. The lowest BCUT2D eigenvalue weighted by atomic mass is 9.94. The molecule has 0 spiro atoms. The fourth-order valence-electron chi connectivity index (χ4n) is 3.27. The SMILES string of the molecule is Cc1ccc(NC(c2ccc(C)c(C)c2)c2ccc3cccnc3c2)nc1. The topological polar surface area (TPSA) is 37.8 Å². The Morgan fingerprint density at radius 1 is 0.778 bits per heavy atom. The zero-order chi connectivity index (χ0) is 18.8. The van der Waals surface area contributed by atoms with E-state index in [0.29, 0.717) is 0 Å². The summed E-state index contributed by atoms with van der Waals surface area (Å²) in [5.74, 6) is 0.866. The number of nitrogens with zero attached hydrogens (tertiary/aromatic N) is 2. The van der Waals surface area contributed by atoms with E-state index in [1.165, 1.54) is 22.3 Å². The van der Waals surface area contributed by atoms with E-state index in [4.69, 9.17) is 0 Å². The molecule has 1 atom stereocenters. The van der Waals surface area contributed by atoms with E-state index in [1.54, 1.807) is 0 Å². The molecular weight excluding hydrogens is 330 g/mol. The van der Waals surface area contributed by atoms with Crippen molar-refractivity contribution in [3.8, 4) is 0 Å². The molecule has 134 valence electrons. The highest BCUT2D eigenvalue weighted by molar-refractivity contribution is 5.79. The minimum atomic E-state index is 0.00547. The normalized spacial score (nSPS) is 12.1. The molecule has 4 aromatic rings. The number of hydrogen-bond acceptors (Lipinski definition) is 3.